The summed E-state index contributed by atoms with van der Waals surface area (Å²) in [4.78, 5) is 20.4. The Morgan fingerprint density at radius 2 is 1.92 bits per heavy atom. The summed E-state index contributed by atoms with van der Waals surface area (Å²) in [5.41, 5.74) is 1.11. The summed E-state index contributed by atoms with van der Waals surface area (Å²) in [5.74, 6) is -0.346. The number of halogens is 1. The van der Waals surface area contributed by atoms with Crippen LogP contribution >= 0.6 is 11.6 Å². The molecule has 2 heterocycles. The van der Waals surface area contributed by atoms with Gasteiger partial charge in [0, 0.05) is 28.1 Å². The number of aromatic nitrogens is 2. The van der Waals surface area contributed by atoms with Gasteiger partial charge < -0.3 is 10.4 Å². The molecule has 0 fully saturated rings. The fourth-order valence-corrected chi connectivity index (χ4v) is 2.76. The topological polar surface area (TPSA) is 75.1 Å². The second-order valence-electron chi connectivity index (χ2n) is 6.81. The van der Waals surface area contributed by atoms with Crippen LogP contribution in [0.3, 0.4) is 0 Å². The van der Waals surface area contributed by atoms with Crippen molar-refractivity contribution in [1.82, 2.24) is 9.97 Å². The Morgan fingerprint density at radius 1 is 1.20 bits per heavy atom. The highest BCUT2D eigenvalue weighted by Crippen LogP contribution is 2.31. The van der Waals surface area contributed by atoms with E-state index in [4.69, 9.17) is 11.6 Å². The number of pyridine rings is 2. The molecule has 128 valence electrons. The molecule has 0 saturated carbocycles. The van der Waals surface area contributed by atoms with Gasteiger partial charge in [0.1, 0.15) is 11.0 Å². The van der Waals surface area contributed by atoms with E-state index in [2.05, 4.69) is 15.3 Å². The summed E-state index contributed by atoms with van der Waals surface area (Å²) in [6.07, 6.45) is 1.67. The SMILES string of the molecule is CC(C)(C)Nc1nc(-c2ccccc2C(=O)O)cc2cnc(Cl)cc12. The van der Waals surface area contributed by atoms with Crippen LogP contribution in [0.4, 0.5) is 5.82 Å². The number of rotatable bonds is 3. The van der Waals surface area contributed by atoms with Crippen molar-refractivity contribution in [2.75, 3.05) is 5.32 Å². The number of carboxylic acids is 1. The Labute approximate surface area is 150 Å². The summed E-state index contributed by atoms with van der Waals surface area (Å²) in [6.45, 7) is 6.09. The third-order valence-corrected chi connectivity index (χ3v) is 3.81. The normalized spacial score (nSPS) is 11.5. The predicted octanol–water partition coefficient (Wildman–Crippen LogP) is 4.86. The minimum Gasteiger partial charge on any atom is -0.478 e. The van der Waals surface area contributed by atoms with Crippen molar-refractivity contribution in [2.45, 2.75) is 26.3 Å². The van der Waals surface area contributed by atoms with Crippen LogP contribution in [0.1, 0.15) is 31.1 Å². The van der Waals surface area contributed by atoms with Crippen LogP contribution in [0.15, 0.2) is 42.6 Å². The number of carboxylic acid groups (broad SMARTS) is 1. The maximum absolute atomic E-state index is 11.5. The van der Waals surface area contributed by atoms with Crippen molar-refractivity contribution in [3.8, 4) is 11.3 Å². The molecule has 0 atom stereocenters. The van der Waals surface area contributed by atoms with Gasteiger partial charge in [-0.1, -0.05) is 29.8 Å². The Kier molecular flexibility index (Phi) is 4.35. The summed E-state index contributed by atoms with van der Waals surface area (Å²) in [7, 11) is 0. The first-order valence-electron chi connectivity index (χ1n) is 7.82. The van der Waals surface area contributed by atoms with Gasteiger partial charge in [0.2, 0.25) is 0 Å². The highest BCUT2D eigenvalue weighted by atomic mass is 35.5. The van der Waals surface area contributed by atoms with E-state index in [0.717, 1.165) is 10.8 Å². The van der Waals surface area contributed by atoms with Crippen molar-refractivity contribution < 1.29 is 9.90 Å². The Balaban J connectivity index is 2.28. The summed E-state index contributed by atoms with van der Waals surface area (Å²) >= 11 is 6.04. The standard InChI is InChI=1S/C19H18ClN3O2/c1-19(2,3)23-17-14-9-16(20)21-10-11(14)8-15(22-17)12-6-4-5-7-13(12)18(24)25/h4-10H,1-3H3,(H,22,23)(H,24,25). The van der Waals surface area contributed by atoms with Crippen molar-refractivity contribution in [2.24, 2.45) is 0 Å². The third-order valence-electron chi connectivity index (χ3n) is 3.61. The first-order chi connectivity index (χ1) is 11.7. The van der Waals surface area contributed by atoms with E-state index in [0.29, 0.717) is 22.2 Å². The van der Waals surface area contributed by atoms with Crippen LogP contribution in [0, 0.1) is 0 Å². The Bertz CT molecular complexity index is 965. The molecular formula is C19H18ClN3O2. The lowest BCUT2D eigenvalue weighted by Crippen LogP contribution is -2.27. The smallest absolute Gasteiger partial charge is 0.336 e. The van der Waals surface area contributed by atoms with Gasteiger partial charge in [-0.15, -0.1) is 0 Å². The van der Waals surface area contributed by atoms with E-state index in [1.165, 1.54) is 0 Å². The van der Waals surface area contributed by atoms with Crippen LogP contribution in [-0.2, 0) is 0 Å². The molecule has 6 heteroatoms. The Morgan fingerprint density at radius 3 is 2.60 bits per heavy atom. The molecule has 0 amide bonds. The summed E-state index contributed by atoms with van der Waals surface area (Å²) in [5, 5.41) is 14.9. The number of hydrogen-bond acceptors (Lipinski definition) is 4. The zero-order chi connectivity index (χ0) is 18.2. The molecule has 2 aromatic heterocycles. The van der Waals surface area contributed by atoms with Crippen LogP contribution in [0.25, 0.3) is 22.0 Å². The van der Waals surface area contributed by atoms with Crippen LogP contribution in [-0.4, -0.2) is 26.6 Å². The zero-order valence-electron chi connectivity index (χ0n) is 14.2. The lowest BCUT2D eigenvalue weighted by Gasteiger charge is -2.23. The van der Waals surface area contributed by atoms with E-state index in [1.54, 1.807) is 36.5 Å². The molecule has 3 aromatic rings. The maximum atomic E-state index is 11.5. The van der Waals surface area contributed by atoms with Gasteiger partial charge in [-0.25, -0.2) is 14.8 Å². The number of aromatic carboxylic acids is 1. The van der Waals surface area contributed by atoms with Gasteiger partial charge in [0.25, 0.3) is 0 Å². The minimum atomic E-state index is -0.989. The molecule has 0 unspecified atom stereocenters. The molecule has 0 radical (unpaired) electrons. The van der Waals surface area contributed by atoms with Gasteiger partial charge in [-0.3, -0.25) is 0 Å². The number of nitrogens with one attached hydrogen (secondary N) is 1. The molecule has 1 aromatic carbocycles. The van der Waals surface area contributed by atoms with Crippen LogP contribution < -0.4 is 5.32 Å². The molecule has 0 aliphatic rings. The Hall–Kier alpha value is -2.66. The number of anilines is 1. The van der Waals surface area contributed by atoms with E-state index < -0.39 is 5.97 Å². The molecule has 0 bridgehead atoms. The molecule has 2 N–H and O–H groups in total. The van der Waals surface area contributed by atoms with Gasteiger partial charge in [0.15, 0.2) is 0 Å². The summed E-state index contributed by atoms with van der Waals surface area (Å²) in [6, 6.07) is 10.4. The lowest BCUT2D eigenvalue weighted by atomic mass is 10.0. The van der Waals surface area contributed by atoms with Crippen molar-refractivity contribution in [1.29, 1.82) is 0 Å². The highest BCUT2D eigenvalue weighted by Gasteiger charge is 2.17. The van der Waals surface area contributed by atoms with E-state index >= 15 is 0 Å². The largest absolute Gasteiger partial charge is 0.478 e. The molecule has 0 aliphatic heterocycles. The second kappa shape index (κ2) is 6.33. The number of benzene rings is 1. The van der Waals surface area contributed by atoms with Gasteiger partial charge in [-0.2, -0.15) is 0 Å². The number of hydrogen-bond donors (Lipinski definition) is 2. The molecule has 0 saturated heterocycles. The molecule has 0 spiro atoms. The molecule has 5 nitrogen and oxygen atoms in total. The minimum absolute atomic E-state index is 0.206. The monoisotopic (exact) mass is 355 g/mol. The second-order valence-corrected chi connectivity index (χ2v) is 7.20. The highest BCUT2D eigenvalue weighted by molar-refractivity contribution is 6.30. The lowest BCUT2D eigenvalue weighted by molar-refractivity contribution is 0.0697. The molecule has 0 aliphatic carbocycles. The molecule has 25 heavy (non-hydrogen) atoms. The first kappa shape index (κ1) is 17.2. The van der Waals surface area contributed by atoms with Crippen molar-refractivity contribution >= 4 is 34.2 Å². The fourth-order valence-electron chi connectivity index (χ4n) is 2.60. The fraction of sp³-hybridized carbons (Fsp3) is 0.211. The average Bonchev–Trinajstić information content (AvgIpc) is 2.53. The third kappa shape index (κ3) is 3.72. The first-order valence-corrected chi connectivity index (χ1v) is 8.19. The maximum Gasteiger partial charge on any atom is 0.336 e. The van der Waals surface area contributed by atoms with E-state index in [9.17, 15) is 9.90 Å². The van der Waals surface area contributed by atoms with Crippen LogP contribution in [0.2, 0.25) is 5.15 Å². The van der Waals surface area contributed by atoms with Crippen molar-refractivity contribution in [3.05, 3.63) is 53.3 Å². The van der Waals surface area contributed by atoms with Gasteiger partial charge in [0.05, 0.1) is 11.3 Å². The number of carbonyl (C=O) groups is 1. The predicted molar refractivity (Wildman–Crippen MR) is 100 cm³/mol. The van der Waals surface area contributed by atoms with Gasteiger partial charge in [-0.05, 0) is 39.0 Å². The number of nitrogens with zero attached hydrogens (tertiary/aromatic N) is 2. The van der Waals surface area contributed by atoms with Crippen LogP contribution in [0.5, 0.6) is 0 Å². The number of fused-ring (bicyclic) bond motifs is 1. The quantitative estimate of drug-likeness (QED) is 0.656. The zero-order valence-corrected chi connectivity index (χ0v) is 14.9. The molecule has 3 rings (SSSR count). The van der Waals surface area contributed by atoms with Crippen molar-refractivity contribution in [3.63, 3.8) is 0 Å². The van der Waals surface area contributed by atoms with E-state index in [-0.39, 0.29) is 11.1 Å². The van der Waals surface area contributed by atoms with E-state index in [1.807, 2.05) is 26.8 Å². The van der Waals surface area contributed by atoms with Gasteiger partial charge >= 0.3 is 5.97 Å². The molecular weight excluding hydrogens is 338 g/mol. The average molecular weight is 356 g/mol. The summed E-state index contributed by atoms with van der Waals surface area (Å²) < 4.78 is 0.